The van der Waals surface area contributed by atoms with E-state index >= 15 is 0 Å². The van der Waals surface area contributed by atoms with Gasteiger partial charge in [-0.2, -0.15) is 0 Å². The largest absolute Gasteiger partial charge is 0.378 e. The van der Waals surface area contributed by atoms with Crippen molar-refractivity contribution in [3.8, 4) is 0 Å². The van der Waals surface area contributed by atoms with Gasteiger partial charge in [-0.3, -0.25) is 18.7 Å². The van der Waals surface area contributed by atoms with Crippen molar-refractivity contribution >= 4 is 47.4 Å². The summed E-state index contributed by atoms with van der Waals surface area (Å²) in [5, 5.41) is 3.00. The number of halogens is 2. The minimum atomic E-state index is -1.09. The van der Waals surface area contributed by atoms with Crippen LogP contribution in [0.15, 0.2) is 21.9 Å². The number of rotatable bonds is 4. The van der Waals surface area contributed by atoms with Crippen LogP contribution in [0.4, 0.5) is 5.69 Å². The minimum absolute atomic E-state index is 0. The van der Waals surface area contributed by atoms with Gasteiger partial charge < -0.3 is 15.8 Å². The molecule has 2 heterocycles. The molecule has 0 bridgehead atoms. The van der Waals surface area contributed by atoms with Crippen LogP contribution in [0.3, 0.4) is 0 Å². The number of aromatic nitrogens is 3. The van der Waals surface area contributed by atoms with Gasteiger partial charge in [0.05, 0.1) is 23.4 Å². The first kappa shape index (κ1) is 25.1. The molecule has 1 aliphatic rings. The lowest BCUT2D eigenvalue weighted by Gasteiger charge is -2.57. The first-order valence-corrected chi connectivity index (χ1v) is 8.82. The molecule has 0 aromatic carbocycles. The van der Waals surface area contributed by atoms with Gasteiger partial charge in [0.15, 0.2) is 0 Å². The number of ether oxygens (including phenoxy) is 1. The Morgan fingerprint density at radius 2 is 1.93 bits per heavy atom. The van der Waals surface area contributed by atoms with E-state index in [4.69, 9.17) is 10.5 Å². The number of nitrogens with two attached hydrogens (primary N) is 1. The van der Waals surface area contributed by atoms with Gasteiger partial charge in [0.1, 0.15) is 11.2 Å². The van der Waals surface area contributed by atoms with E-state index in [-0.39, 0.29) is 47.9 Å². The molecule has 2 aromatic heterocycles. The normalized spacial score (nSPS) is 22.2. The molecule has 3 N–H and O–H groups in total. The number of pyridine rings is 1. The Morgan fingerprint density at radius 1 is 1.31 bits per heavy atom. The van der Waals surface area contributed by atoms with Crippen LogP contribution in [0.25, 0.3) is 11.0 Å². The number of carbonyl (C=O) groups excluding carboxylic acids is 1. The molecule has 11 heteroatoms. The van der Waals surface area contributed by atoms with E-state index in [1.807, 2.05) is 20.8 Å². The number of hydrogen-bond acceptors (Lipinski definition) is 6. The number of anilines is 1. The Bertz CT molecular complexity index is 1050. The summed E-state index contributed by atoms with van der Waals surface area (Å²) >= 11 is 0. The minimum Gasteiger partial charge on any atom is -0.378 e. The maximum atomic E-state index is 12.8. The Hall–Kier alpha value is -1.94. The van der Waals surface area contributed by atoms with Gasteiger partial charge in [-0.1, -0.05) is 13.8 Å². The predicted octanol–water partition coefficient (Wildman–Crippen LogP) is 0.947. The number of aryl methyl sites for hydroxylation is 1. The average molecular weight is 448 g/mol. The number of nitrogens with one attached hydrogen (secondary N) is 1. The maximum absolute atomic E-state index is 12.8. The zero-order chi connectivity index (χ0) is 20.1. The molecule has 0 radical (unpaired) electrons. The number of carbonyl (C=O) groups is 1. The summed E-state index contributed by atoms with van der Waals surface area (Å²) < 4.78 is 7.94. The first-order chi connectivity index (χ1) is 12.5. The Labute approximate surface area is 180 Å². The van der Waals surface area contributed by atoms with Gasteiger partial charge in [-0.15, -0.1) is 24.8 Å². The summed E-state index contributed by atoms with van der Waals surface area (Å²) in [6, 6.07) is 1.51. The van der Waals surface area contributed by atoms with Crippen LogP contribution in [-0.2, 0) is 23.6 Å². The smallest absolute Gasteiger partial charge is 0.332 e. The highest BCUT2D eigenvalue weighted by molar-refractivity contribution is 6.00. The SMILES string of the molecule is CCOC1CC(N)(C(=O)Nc2cnc3c(c2)c(=O)n(C)c(=O)n3C)C1(C)C.Cl.Cl. The molecule has 2 atom stereocenters. The molecule has 9 nitrogen and oxygen atoms in total. The Morgan fingerprint density at radius 3 is 2.48 bits per heavy atom. The topological polar surface area (TPSA) is 121 Å². The summed E-state index contributed by atoms with van der Waals surface area (Å²) in [4.78, 5) is 41.4. The van der Waals surface area contributed by atoms with Crippen LogP contribution in [0.1, 0.15) is 27.2 Å². The lowest BCUT2D eigenvalue weighted by Crippen LogP contribution is -2.74. The maximum Gasteiger partial charge on any atom is 0.332 e. The molecule has 0 aliphatic heterocycles. The lowest BCUT2D eigenvalue weighted by molar-refractivity contribution is -0.166. The second-order valence-electron chi connectivity index (χ2n) is 7.60. The third-order valence-electron chi connectivity index (χ3n) is 5.79. The predicted molar refractivity (Wildman–Crippen MR) is 116 cm³/mol. The highest BCUT2D eigenvalue weighted by Crippen LogP contribution is 2.50. The van der Waals surface area contributed by atoms with Crippen molar-refractivity contribution in [2.24, 2.45) is 25.2 Å². The highest BCUT2D eigenvalue weighted by Gasteiger charge is 2.62. The number of amides is 1. The molecule has 3 rings (SSSR count). The van der Waals surface area contributed by atoms with Crippen molar-refractivity contribution in [1.29, 1.82) is 0 Å². The van der Waals surface area contributed by atoms with Crippen LogP contribution in [-0.4, -0.2) is 38.3 Å². The lowest BCUT2D eigenvalue weighted by atomic mass is 9.54. The Kier molecular flexibility index (Phi) is 7.30. The van der Waals surface area contributed by atoms with E-state index in [9.17, 15) is 14.4 Å². The third kappa shape index (κ3) is 3.68. The number of hydrogen-bond donors (Lipinski definition) is 2. The van der Waals surface area contributed by atoms with Crippen LogP contribution >= 0.6 is 24.8 Å². The van der Waals surface area contributed by atoms with Crippen molar-refractivity contribution in [3.63, 3.8) is 0 Å². The molecule has 0 spiro atoms. The summed E-state index contributed by atoms with van der Waals surface area (Å²) in [5.74, 6) is -0.355. The van der Waals surface area contributed by atoms with E-state index in [2.05, 4.69) is 10.3 Å². The average Bonchev–Trinajstić information content (AvgIpc) is 2.64. The summed E-state index contributed by atoms with van der Waals surface area (Å²) in [5.41, 5.74) is 4.43. The second kappa shape index (κ2) is 8.43. The van der Waals surface area contributed by atoms with E-state index in [1.54, 1.807) is 0 Å². The molecule has 1 saturated carbocycles. The van der Waals surface area contributed by atoms with Gasteiger partial charge in [0.25, 0.3) is 5.56 Å². The van der Waals surface area contributed by atoms with Crippen LogP contribution < -0.4 is 22.3 Å². The molecule has 1 fully saturated rings. The van der Waals surface area contributed by atoms with E-state index in [1.165, 1.54) is 30.9 Å². The highest BCUT2D eigenvalue weighted by atomic mass is 35.5. The summed E-state index contributed by atoms with van der Waals surface area (Å²) in [7, 11) is 2.93. The molecule has 2 unspecified atom stereocenters. The standard InChI is InChI=1S/C18H25N5O4.2ClH/c1-6-27-12-8-18(19,17(12,2)3)15(25)21-10-7-11-13(20-9-10)22(4)16(26)23(5)14(11)24;;/h7,9,12H,6,8,19H2,1-5H3,(H,21,25);2*1H. The van der Waals surface area contributed by atoms with Crippen molar-refractivity contribution in [2.45, 2.75) is 38.8 Å². The van der Waals surface area contributed by atoms with Gasteiger partial charge in [-0.25, -0.2) is 9.78 Å². The van der Waals surface area contributed by atoms with Gasteiger partial charge >= 0.3 is 5.69 Å². The monoisotopic (exact) mass is 447 g/mol. The van der Waals surface area contributed by atoms with Crippen molar-refractivity contribution < 1.29 is 9.53 Å². The first-order valence-electron chi connectivity index (χ1n) is 8.82. The van der Waals surface area contributed by atoms with Crippen molar-refractivity contribution in [3.05, 3.63) is 33.1 Å². The van der Waals surface area contributed by atoms with Crippen molar-refractivity contribution in [2.75, 3.05) is 11.9 Å². The fourth-order valence-corrected chi connectivity index (χ4v) is 3.60. The van der Waals surface area contributed by atoms with Crippen LogP contribution in [0.2, 0.25) is 0 Å². The van der Waals surface area contributed by atoms with Crippen molar-refractivity contribution in [1.82, 2.24) is 14.1 Å². The number of fused-ring (bicyclic) bond motifs is 1. The second-order valence-corrected chi connectivity index (χ2v) is 7.60. The molecule has 2 aromatic rings. The Balaban J connectivity index is 0.00000210. The van der Waals surface area contributed by atoms with Crippen LogP contribution in [0.5, 0.6) is 0 Å². The van der Waals surface area contributed by atoms with E-state index in [0.29, 0.717) is 18.7 Å². The van der Waals surface area contributed by atoms with Gasteiger partial charge in [0, 0.05) is 32.5 Å². The molecular formula is C18H27Cl2N5O4. The third-order valence-corrected chi connectivity index (χ3v) is 5.79. The van der Waals surface area contributed by atoms with E-state index in [0.717, 1.165) is 4.57 Å². The van der Waals surface area contributed by atoms with Crippen LogP contribution in [0, 0.1) is 5.41 Å². The zero-order valence-corrected chi connectivity index (χ0v) is 18.6. The van der Waals surface area contributed by atoms with E-state index < -0.39 is 22.2 Å². The molecular weight excluding hydrogens is 421 g/mol. The summed E-state index contributed by atoms with van der Waals surface area (Å²) in [6.45, 7) is 6.27. The fourth-order valence-electron chi connectivity index (χ4n) is 3.60. The fraction of sp³-hybridized carbons (Fsp3) is 0.556. The molecule has 1 amide bonds. The van der Waals surface area contributed by atoms with Gasteiger partial charge in [-0.05, 0) is 13.0 Å². The molecule has 162 valence electrons. The quantitative estimate of drug-likeness (QED) is 0.719. The summed E-state index contributed by atoms with van der Waals surface area (Å²) in [6.07, 6.45) is 1.74. The zero-order valence-electron chi connectivity index (χ0n) is 17.0. The van der Waals surface area contributed by atoms with Gasteiger partial charge in [0.2, 0.25) is 5.91 Å². The number of nitrogens with zero attached hydrogens (tertiary/aromatic N) is 3. The molecule has 29 heavy (non-hydrogen) atoms. The molecule has 0 saturated heterocycles. The molecule has 1 aliphatic carbocycles.